The van der Waals surface area contributed by atoms with Crippen molar-refractivity contribution in [2.24, 2.45) is 0 Å². The Morgan fingerprint density at radius 3 is 2.50 bits per heavy atom. The number of nitrogens with two attached hydrogens (primary N) is 1. The van der Waals surface area contributed by atoms with E-state index in [1.807, 2.05) is 32.0 Å². The number of nitrogens with zero attached hydrogens (tertiary/aromatic N) is 4. The Balaban J connectivity index is 1.97. The van der Waals surface area contributed by atoms with E-state index in [-0.39, 0.29) is 0 Å². The van der Waals surface area contributed by atoms with E-state index in [9.17, 15) is 0 Å². The van der Waals surface area contributed by atoms with Gasteiger partial charge in [0.05, 0.1) is 0 Å². The zero-order chi connectivity index (χ0) is 14.1. The fraction of sp³-hybridized carbons (Fsp3) is 0.143. The zero-order valence-electron chi connectivity index (χ0n) is 11.2. The molecule has 0 saturated carbocycles. The first kappa shape index (κ1) is 12.3. The molecule has 0 bridgehead atoms. The van der Waals surface area contributed by atoms with Gasteiger partial charge < -0.3 is 10.3 Å². The summed E-state index contributed by atoms with van der Waals surface area (Å²) in [5.74, 6) is 1.24. The summed E-state index contributed by atoms with van der Waals surface area (Å²) in [6.45, 7) is 3.85. The summed E-state index contributed by atoms with van der Waals surface area (Å²) in [5, 5.41) is 3.90. The molecule has 100 valence electrons. The van der Waals surface area contributed by atoms with Gasteiger partial charge in [-0.3, -0.25) is 0 Å². The third-order valence-electron chi connectivity index (χ3n) is 2.92. The first-order valence-corrected chi connectivity index (χ1v) is 6.13. The maximum absolute atomic E-state index is 5.79. The van der Waals surface area contributed by atoms with Gasteiger partial charge >= 0.3 is 0 Å². The predicted molar refractivity (Wildman–Crippen MR) is 74.6 cm³/mol. The third-order valence-corrected chi connectivity index (χ3v) is 2.92. The molecule has 3 rings (SSSR count). The molecule has 0 atom stereocenters. The molecule has 0 saturated heterocycles. The lowest BCUT2D eigenvalue weighted by atomic mass is 10.1. The van der Waals surface area contributed by atoms with Crippen molar-refractivity contribution in [1.82, 2.24) is 20.1 Å². The Morgan fingerprint density at radius 1 is 1.05 bits per heavy atom. The predicted octanol–water partition coefficient (Wildman–Crippen LogP) is 2.39. The second-order valence-electron chi connectivity index (χ2n) is 4.58. The van der Waals surface area contributed by atoms with Crippen LogP contribution in [0.25, 0.3) is 23.1 Å². The smallest absolute Gasteiger partial charge is 0.258 e. The third kappa shape index (κ3) is 2.23. The molecule has 20 heavy (non-hydrogen) atoms. The molecule has 2 heterocycles. The quantitative estimate of drug-likeness (QED) is 0.717. The van der Waals surface area contributed by atoms with Crippen molar-refractivity contribution < 1.29 is 4.52 Å². The van der Waals surface area contributed by atoms with Gasteiger partial charge in [-0.15, -0.1) is 0 Å². The minimum Gasteiger partial charge on any atom is -0.399 e. The number of rotatable bonds is 2. The van der Waals surface area contributed by atoms with E-state index in [1.165, 1.54) is 0 Å². The summed E-state index contributed by atoms with van der Waals surface area (Å²) in [6, 6.07) is 5.56. The minimum atomic E-state index is 0.370. The molecular formula is C14H13N5O. The topological polar surface area (TPSA) is 90.7 Å². The Labute approximate surface area is 115 Å². The van der Waals surface area contributed by atoms with Gasteiger partial charge in [-0.05, 0) is 43.2 Å². The van der Waals surface area contributed by atoms with Crippen molar-refractivity contribution in [2.45, 2.75) is 13.8 Å². The van der Waals surface area contributed by atoms with Crippen LogP contribution < -0.4 is 5.73 Å². The van der Waals surface area contributed by atoms with Crippen LogP contribution in [0.3, 0.4) is 0 Å². The molecular weight excluding hydrogens is 254 g/mol. The van der Waals surface area contributed by atoms with Crippen molar-refractivity contribution in [3.05, 3.63) is 41.7 Å². The minimum absolute atomic E-state index is 0.370. The standard InChI is InChI=1S/C14H13N5O/c1-8-6-16-12(17-7-8)13-18-14(20-19-13)10-3-4-11(15)9(2)5-10/h3-7H,15H2,1-2H3. The number of benzene rings is 1. The SMILES string of the molecule is Cc1cnc(-c2noc(-c3ccc(N)c(C)c3)n2)nc1. The van der Waals surface area contributed by atoms with Crippen LogP contribution in [0.4, 0.5) is 5.69 Å². The van der Waals surface area contributed by atoms with Gasteiger partial charge in [0.25, 0.3) is 5.89 Å². The van der Waals surface area contributed by atoms with Crippen LogP contribution in [0.1, 0.15) is 11.1 Å². The van der Waals surface area contributed by atoms with Gasteiger partial charge in [-0.2, -0.15) is 4.98 Å². The highest BCUT2D eigenvalue weighted by atomic mass is 16.5. The lowest BCUT2D eigenvalue weighted by Crippen LogP contribution is -1.91. The molecule has 0 unspecified atom stereocenters. The van der Waals surface area contributed by atoms with E-state index >= 15 is 0 Å². The number of hydrogen-bond acceptors (Lipinski definition) is 6. The highest BCUT2D eigenvalue weighted by Gasteiger charge is 2.13. The molecule has 1 aromatic carbocycles. The fourth-order valence-corrected chi connectivity index (χ4v) is 1.75. The van der Waals surface area contributed by atoms with Crippen LogP contribution in [-0.4, -0.2) is 20.1 Å². The van der Waals surface area contributed by atoms with E-state index in [0.717, 1.165) is 22.4 Å². The van der Waals surface area contributed by atoms with E-state index in [2.05, 4.69) is 20.1 Å². The Morgan fingerprint density at radius 2 is 1.80 bits per heavy atom. The van der Waals surface area contributed by atoms with E-state index in [0.29, 0.717) is 17.5 Å². The molecule has 6 nitrogen and oxygen atoms in total. The highest BCUT2D eigenvalue weighted by molar-refractivity contribution is 5.62. The number of aryl methyl sites for hydroxylation is 2. The van der Waals surface area contributed by atoms with Crippen LogP contribution >= 0.6 is 0 Å². The molecule has 3 aromatic rings. The molecule has 0 aliphatic heterocycles. The van der Waals surface area contributed by atoms with Gasteiger partial charge in [0.15, 0.2) is 0 Å². The Kier molecular flexibility index (Phi) is 2.90. The summed E-state index contributed by atoms with van der Waals surface area (Å²) in [5.41, 5.74) is 9.29. The maximum Gasteiger partial charge on any atom is 0.258 e. The molecule has 0 radical (unpaired) electrons. The lowest BCUT2D eigenvalue weighted by Gasteiger charge is -2.00. The van der Waals surface area contributed by atoms with Gasteiger partial charge in [0.1, 0.15) is 0 Å². The van der Waals surface area contributed by atoms with E-state index in [4.69, 9.17) is 10.3 Å². The summed E-state index contributed by atoms with van der Waals surface area (Å²) >= 11 is 0. The second-order valence-corrected chi connectivity index (χ2v) is 4.58. The first-order valence-electron chi connectivity index (χ1n) is 6.13. The van der Waals surface area contributed by atoms with Crippen LogP contribution in [0.15, 0.2) is 35.1 Å². The van der Waals surface area contributed by atoms with Crippen molar-refractivity contribution in [3.8, 4) is 23.1 Å². The van der Waals surface area contributed by atoms with E-state index in [1.54, 1.807) is 12.4 Å². The number of anilines is 1. The molecule has 0 aliphatic carbocycles. The zero-order valence-corrected chi connectivity index (χ0v) is 11.2. The summed E-state index contributed by atoms with van der Waals surface area (Å²) in [7, 11) is 0. The van der Waals surface area contributed by atoms with E-state index < -0.39 is 0 Å². The van der Waals surface area contributed by atoms with Gasteiger partial charge in [-0.25, -0.2) is 9.97 Å². The number of hydrogen-bond donors (Lipinski definition) is 1. The summed E-state index contributed by atoms with van der Waals surface area (Å²) in [6.07, 6.45) is 3.43. The van der Waals surface area contributed by atoms with Gasteiger partial charge in [0.2, 0.25) is 11.6 Å². The molecule has 2 N–H and O–H groups in total. The van der Waals surface area contributed by atoms with Gasteiger partial charge in [0, 0.05) is 23.6 Å². The maximum atomic E-state index is 5.79. The average Bonchev–Trinajstić information content (AvgIpc) is 2.92. The number of aromatic nitrogens is 4. The average molecular weight is 267 g/mol. The van der Waals surface area contributed by atoms with Crippen molar-refractivity contribution in [1.29, 1.82) is 0 Å². The monoisotopic (exact) mass is 267 g/mol. The molecule has 0 amide bonds. The first-order chi connectivity index (χ1) is 9.63. The number of nitrogen functional groups attached to an aromatic ring is 1. The van der Waals surface area contributed by atoms with Crippen molar-refractivity contribution in [2.75, 3.05) is 5.73 Å². The van der Waals surface area contributed by atoms with Crippen molar-refractivity contribution >= 4 is 5.69 Å². The lowest BCUT2D eigenvalue weighted by molar-refractivity contribution is 0.432. The Hall–Kier alpha value is -2.76. The molecule has 6 heteroatoms. The van der Waals surface area contributed by atoms with Crippen molar-refractivity contribution in [3.63, 3.8) is 0 Å². The van der Waals surface area contributed by atoms with Crippen LogP contribution in [0.5, 0.6) is 0 Å². The Bertz CT molecular complexity index is 749. The summed E-state index contributed by atoms with van der Waals surface area (Å²) in [4.78, 5) is 12.6. The molecule has 0 fully saturated rings. The molecule has 0 aliphatic rings. The second kappa shape index (κ2) is 4.73. The van der Waals surface area contributed by atoms with Crippen LogP contribution in [0.2, 0.25) is 0 Å². The molecule has 0 spiro atoms. The normalized spacial score (nSPS) is 10.7. The van der Waals surface area contributed by atoms with Crippen LogP contribution in [-0.2, 0) is 0 Å². The fourth-order valence-electron chi connectivity index (χ4n) is 1.75. The molecule has 2 aromatic heterocycles. The highest BCUT2D eigenvalue weighted by Crippen LogP contribution is 2.23. The summed E-state index contributed by atoms with van der Waals surface area (Å²) < 4.78 is 5.25. The largest absolute Gasteiger partial charge is 0.399 e. The van der Waals surface area contributed by atoms with Crippen LogP contribution in [0, 0.1) is 13.8 Å². The van der Waals surface area contributed by atoms with Gasteiger partial charge in [-0.1, -0.05) is 5.16 Å².